The molecule has 0 aliphatic carbocycles. The first-order chi connectivity index (χ1) is 6.00. The SMILES string of the molecule is C#N.C#N.C#N.C#N.C#N.C#N.O.[Co].[Fe].[KH]. The van der Waals surface area contributed by atoms with E-state index in [1.807, 2.05) is 0 Å². The Bertz CT molecular complexity index is 108. The summed E-state index contributed by atoms with van der Waals surface area (Å²) < 4.78 is 0. The third kappa shape index (κ3) is 11200. The van der Waals surface area contributed by atoms with Gasteiger partial charge in [0.05, 0.1) is 0 Å². The first kappa shape index (κ1) is 107. The molecule has 0 heterocycles. The topological polar surface area (TPSA) is 174 Å². The molecule has 1 radical (unpaired) electrons. The molecule has 10 heteroatoms. The van der Waals surface area contributed by atoms with E-state index in [2.05, 4.69) is 39.4 Å². The molecule has 0 atom stereocenters. The van der Waals surface area contributed by atoms with Crippen LogP contribution in [-0.2, 0) is 33.8 Å². The summed E-state index contributed by atoms with van der Waals surface area (Å²) in [6.07, 6.45) is 0. The average Bonchev–Trinajstić information content (AvgIpc) is 2.33. The molecule has 2 N–H and O–H groups in total. The molecule has 0 aromatic carbocycles. The minimum absolute atomic E-state index is 0. The second kappa shape index (κ2) is 14000. The van der Waals surface area contributed by atoms with Crippen molar-refractivity contribution in [3.05, 3.63) is 0 Å². The monoisotopic (exact) mass is 335 g/mol. The Morgan fingerprint density at radius 1 is 0.438 bits per heavy atom. The molecule has 0 amide bonds. The standard InChI is InChI=1S/6CHN.Co.Fe.K.H2O.H/c6*1-2;;;;;/h6*1H;;;;1H2;. The van der Waals surface area contributed by atoms with Crippen LogP contribution in [0, 0.1) is 71.0 Å². The van der Waals surface area contributed by atoms with E-state index in [1.165, 1.54) is 0 Å². The van der Waals surface area contributed by atoms with Crippen LogP contribution in [0.1, 0.15) is 0 Å². The molecule has 0 saturated carbocycles. The summed E-state index contributed by atoms with van der Waals surface area (Å²) in [6.45, 7) is 21.0. The van der Waals surface area contributed by atoms with Crippen LogP contribution in [0.4, 0.5) is 0 Å². The fourth-order valence-corrected chi connectivity index (χ4v) is 0. The van der Waals surface area contributed by atoms with Gasteiger partial charge in [-0.15, -0.1) is 0 Å². The second-order valence-electron chi connectivity index (χ2n) is 0. The van der Waals surface area contributed by atoms with Gasteiger partial charge in [-0.25, -0.2) is 31.6 Å². The van der Waals surface area contributed by atoms with Crippen molar-refractivity contribution < 1.29 is 39.3 Å². The van der Waals surface area contributed by atoms with Crippen LogP contribution in [0.5, 0.6) is 0 Å². The minimum atomic E-state index is 0. The van der Waals surface area contributed by atoms with Gasteiger partial charge in [-0.05, 0) is 0 Å². The molecule has 0 unspecified atom stereocenters. The van der Waals surface area contributed by atoms with Crippen molar-refractivity contribution in [3.8, 4) is 39.4 Å². The van der Waals surface area contributed by atoms with Crippen LogP contribution in [0.15, 0.2) is 0 Å². The van der Waals surface area contributed by atoms with Crippen LogP contribution in [0.2, 0.25) is 0 Å². The Kier molecular flexibility index (Phi) is 93200. The van der Waals surface area contributed by atoms with Gasteiger partial charge in [0.15, 0.2) is 0 Å². The predicted octanol–water partition coefficient (Wildman–Crippen LogP) is -0.640. The molecule has 0 saturated heterocycles. The van der Waals surface area contributed by atoms with Crippen molar-refractivity contribution in [1.82, 2.24) is 0 Å². The summed E-state index contributed by atoms with van der Waals surface area (Å²) in [5.74, 6) is 0. The molecule has 0 rings (SSSR count). The zero-order valence-corrected chi connectivity index (χ0v) is 9.48. The number of hydrogen-bond acceptors (Lipinski definition) is 6. The van der Waals surface area contributed by atoms with E-state index in [0.717, 1.165) is 0 Å². The average molecular weight is 335 g/mol. The maximum absolute atomic E-state index is 6.50. The van der Waals surface area contributed by atoms with Gasteiger partial charge in [-0.2, -0.15) is 0 Å². The van der Waals surface area contributed by atoms with Crippen molar-refractivity contribution in [2.24, 2.45) is 0 Å². The van der Waals surface area contributed by atoms with Gasteiger partial charge in [-0.3, -0.25) is 0 Å². The number of hydrogen-bond donors (Lipinski definition) is 0. The van der Waals surface area contributed by atoms with Gasteiger partial charge in [0.1, 0.15) is 0 Å². The van der Waals surface area contributed by atoms with Gasteiger partial charge in [-0.1, -0.05) is 0 Å². The molecule has 0 bridgehead atoms. The van der Waals surface area contributed by atoms with Crippen molar-refractivity contribution >= 4 is 51.4 Å². The Morgan fingerprint density at radius 2 is 0.438 bits per heavy atom. The van der Waals surface area contributed by atoms with E-state index in [1.54, 1.807) is 0 Å². The summed E-state index contributed by atoms with van der Waals surface area (Å²) in [6, 6.07) is 0. The third-order valence-electron chi connectivity index (χ3n) is 0. The van der Waals surface area contributed by atoms with E-state index in [-0.39, 0.29) is 90.7 Å². The van der Waals surface area contributed by atoms with Gasteiger partial charge in [0.2, 0.25) is 0 Å². The zero-order chi connectivity index (χ0) is 12.0. The Balaban J connectivity index is -0.00000000321. The predicted molar refractivity (Wildman–Crippen MR) is 50.8 cm³/mol. The van der Waals surface area contributed by atoms with Gasteiger partial charge in [0, 0.05) is 73.3 Å². The molecule has 16 heavy (non-hydrogen) atoms. The van der Waals surface area contributed by atoms with Crippen LogP contribution in [-0.4, -0.2) is 56.9 Å². The third-order valence-corrected chi connectivity index (χ3v) is 0. The van der Waals surface area contributed by atoms with E-state index in [0.29, 0.717) is 0 Å². The van der Waals surface area contributed by atoms with E-state index in [9.17, 15) is 0 Å². The normalized spacial score (nSPS) is 0.750. The molecule has 0 aliphatic heterocycles. The van der Waals surface area contributed by atoms with Gasteiger partial charge in [0.25, 0.3) is 0 Å². The van der Waals surface area contributed by atoms with Gasteiger partial charge >= 0.3 is 51.4 Å². The Labute approximate surface area is 159 Å². The van der Waals surface area contributed by atoms with Crippen LogP contribution < -0.4 is 0 Å². The first-order valence-electron chi connectivity index (χ1n) is 1.55. The molecule has 87 valence electrons. The summed E-state index contributed by atoms with van der Waals surface area (Å²) in [4.78, 5) is 0. The number of rotatable bonds is 0. The van der Waals surface area contributed by atoms with Crippen molar-refractivity contribution in [1.29, 1.82) is 31.6 Å². The molecule has 0 spiro atoms. The zero-order valence-electron chi connectivity index (χ0n) is 7.33. The van der Waals surface area contributed by atoms with Crippen LogP contribution in [0.3, 0.4) is 0 Å². The molecular weight excluding hydrogens is 326 g/mol. The first-order valence-corrected chi connectivity index (χ1v) is 1.55. The molecule has 0 aliphatic rings. The van der Waals surface area contributed by atoms with Crippen molar-refractivity contribution in [3.63, 3.8) is 0 Å². The van der Waals surface area contributed by atoms with E-state index in [4.69, 9.17) is 31.6 Å². The molecule has 0 aromatic heterocycles. The molecule has 0 fully saturated rings. The summed E-state index contributed by atoms with van der Waals surface area (Å²) in [7, 11) is 0. The summed E-state index contributed by atoms with van der Waals surface area (Å²) in [5.41, 5.74) is 0. The van der Waals surface area contributed by atoms with Crippen molar-refractivity contribution in [2.45, 2.75) is 0 Å². The fourth-order valence-electron chi connectivity index (χ4n) is 0. The Morgan fingerprint density at radius 3 is 0.438 bits per heavy atom. The molecule has 7 nitrogen and oxygen atoms in total. The van der Waals surface area contributed by atoms with Gasteiger partial charge < -0.3 is 5.48 Å². The molecule has 0 aromatic rings. The maximum atomic E-state index is 6.50. The van der Waals surface area contributed by atoms with E-state index >= 15 is 0 Å². The Hall–Kier alpha value is -0.438. The van der Waals surface area contributed by atoms with Crippen LogP contribution in [0.25, 0.3) is 0 Å². The number of nitriles is 6. The molecular formula is C6H9CoFeKN6O. The van der Waals surface area contributed by atoms with Crippen LogP contribution >= 0.6 is 0 Å². The quantitative estimate of drug-likeness (QED) is 0.532. The summed E-state index contributed by atoms with van der Waals surface area (Å²) in [5, 5.41) is 39.0. The van der Waals surface area contributed by atoms with E-state index < -0.39 is 0 Å². The van der Waals surface area contributed by atoms with Crippen molar-refractivity contribution in [2.75, 3.05) is 0 Å². The fraction of sp³-hybridized carbons (Fsp3) is 0. The second-order valence-corrected chi connectivity index (χ2v) is 0. The summed E-state index contributed by atoms with van der Waals surface area (Å²) >= 11 is 0. The number of nitrogens with zero attached hydrogens (tertiary/aromatic N) is 6.